The van der Waals surface area contributed by atoms with Crippen LogP contribution in [0.2, 0.25) is 0 Å². The standard InChI is InChI=1S/C20H24N2O2/c1-14-5-7-16(8-6-14)12-18(17-4-3-10-21-13-17)22-20(23)19-15(2)9-11-24-19/h3-8,10,13,15,18-19H,9,11-12H2,1-2H3,(H,22,23)/t15-,18+,19-/m1/s1. The van der Waals surface area contributed by atoms with Crippen LogP contribution in [0, 0.1) is 12.8 Å². The summed E-state index contributed by atoms with van der Waals surface area (Å²) in [7, 11) is 0. The van der Waals surface area contributed by atoms with Gasteiger partial charge in [0.2, 0.25) is 5.91 Å². The minimum Gasteiger partial charge on any atom is -0.368 e. The van der Waals surface area contributed by atoms with Crippen LogP contribution in [-0.4, -0.2) is 23.6 Å². The van der Waals surface area contributed by atoms with Gasteiger partial charge in [-0.3, -0.25) is 9.78 Å². The van der Waals surface area contributed by atoms with Gasteiger partial charge in [0.05, 0.1) is 6.04 Å². The summed E-state index contributed by atoms with van der Waals surface area (Å²) < 4.78 is 5.60. The minimum absolute atomic E-state index is 0.0269. The molecule has 0 bridgehead atoms. The average Bonchev–Trinajstić information content (AvgIpc) is 3.03. The molecule has 1 aliphatic rings. The number of ether oxygens (including phenoxy) is 1. The van der Waals surface area contributed by atoms with E-state index in [1.807, 2.05) is 18.3 Å². The van der Waals surface area contributed by atoms with Crippen molar-refractivity contribution in [3.63, 3.8) is 0 Å². The summed E-state index contributed by atoms with van der Waals surface area (Å²) in [6.45, 7) is 4.80. The van der Waals surface area contributed by atoms with Gasteiger partial charge in [0.25, 0.3) is 0 Å². The van der Waals surface area contributed by atoms with Gasteiger partial charge in [0.15, 0.2) is 0 Å². The molecule has 0 radical (unpaired) electrons. The number of rotatable bonds is 5. The average molecular weight is 324 g/mol. The van der Waals surface area contributed by atoms with E-state index in [1.165, 1.54) is 11.1 Å². The highest BCUT2D eigenvalue weighted by Gasteiger charge is 2.32. The molecule has 1 fully saturated rings. The summed E-state index contributed by atoms with van der Waals surface area (Å²) in [5, 5.41) is 3.16. The predicted molar refractivity (Wildman–Crippen MR) is 93.5 cm³/mol. The van der Waals surface area contributed by atoms with Crippen LogP contribution in [0.3, 0.4) is 0 Å². The molecule has 1 N–H and O–H groups in total. The SMILES string of the molecule is Cc1ccc(C[C@H](NC(=O)[C@@H]2OCC[C@H]2C)c2cccnc2)cc1. The van der Waals surface area contributed by atoms with Gasteiger partial charge in [-0.25, -0.2) is 0 Å². The van der Waals surface area contributed by atoms with E-state index in [0.717, 1.165) is 18.4 Å². The summed E-state index contributed by atoms with van der Waals surface area (Å²) in [4.78, 5) is 16.8. The Bertz CT molecular complexity index is 670. The van der Waals surface area contributed by atoms with Crippen LogP contribution < -0.4 is 5.32 Å². The highest BCUT2D eigenvalue weighted by atomic mass is 16.5. The quantitative estimate of drug-likeness (QED) is 0.919. The van der Waals surface area contributed by atoms with E-state index in [1.54, 1.807) is 6.20 Å². The first kappa shape index (κ1) is 16.7. The van der Waals surface area contributed by atoms with E-state index in [9.17, 15) is 4.79 Å². The molecule has 2 aromatic rings. The van der Waals surface area contributed by atoms with Gasteiger partial charge in [-0.05, 0) is 42.9 Å². The van der Waals surface area contributed by atoms with Gasteiger partial charge < -0.3 is 10.1 Å². The summed E-state index contributed by atoms with van der Waals surface area (Å²) in [6.07, 6.45) is 4.89. The largest absolute Gasteiger partial charge is 0.368 e. The topological polar surface area (TPSA) is 51.2 Å². The van der Waals surface area contributed by atoms with E-state index in [2.05, 4.69) is 48.4 Å². The van der Waals surface area contributed by atoms with Crippen molar-refractivity contribution in [2.24, 2.45) is 5.92 Å². The first-order valence-corrected chi connectivity index (χ1v) is 8.51. The number of benzene rings is 1. The van der Waals surface area contributed by atoms with Gasteiger partial charge in [0.1, 0.15) is 6.10 Å². The first-order chi connectivity index (χ1) is 11.6. The Morgan fingerprint density at radius 1 is 1.33 bits per heavy atom. The van der Waals surface area contributed by atoms with Crippen LogP contribution >= 0.6 is 0 Å². The second kappa shape index (κ2) is 7.58. The normalized spacial score (nSPS) is 21.4. The molecule has 0 aliphatic carbocycles. The molecular formula is C20H24N2O2. The molecule has 0 spiro atoms. The molecule has 0 saturated carbocycles. The summed E-state index contributed by atoms with van der Waals surface area (Å²) >= 11 is 0. The number of amides is 1. The van der Waals surface area contributed by atoms with E-state index < -0.39 is 0 Å². The molecule has 4 nitrogen and oxygen atoms in total. The van der Waals surface area contributed by atoms with Crippen molar-refractivity contribution >= 4 is 5.91 Å². The fourth-order valence-corrected chi connectivity index (χ4v) is 3.08. The summed E-state index contributed by atoms with van der Waals surface area (Å²) in [5.41, 5.74) is 3.43. The Kier molecular flexibility index (Phi) is 5.26. The molecule has 3 atom stereocenters. The van der Waals surface area contributed by atoms with Crippen molar-refractivity contribution < 1.29 is 9.53 Å². The molecule has 3 rings (SSSR count). The summed E-state index contributed by atoms with van der Waals surface area (Å²) in [6, 6.07) is 12.2. The Balaban J connectivity index is 1.77. The molecule has 1 amide bonds. The van der Waals surface area contributed by atoms with Gasteiger partial charge >= 0.3 is 0 Å². The Labute approximate surface area is 143 Å². The molecular weight excluding hydrogens is 300 g/mol. The fourth-order valence-electron chi connectivity index (χ4n) is 3.08. The van der Waals surface area contributed by atoms with E-state index in [-0.39, 0.29) is 24.0 Å². The van der Waals surface area contributed by atoms with Crippen molar-refractivity contribution in [2.45, 2.75) is 38.8 Å². The zero-order chi connectivity index (χ0) is 16.9. The highest BCUT2D eigenvalue weighted by Crippen LogP contribution is 2.23. The zero-order valence-corrected chi connectivity index (χ0v) is 14.2. The third-order valence-electron chi connectivity index (χ3n) is 4.61. The van der Waals surface area contributed by atoms with Crippen molar-refractivity contribution in [2.75, 3.05) is 6.61 Å². The maximum Gasteiger partial charge on any atom is 0.249 e. The lowest BCUT2D eigenvalue weighted by molar-refractivity contribution is -0.132. The van der Waals surface area contributed by atoms with Crippen LogP contribution in [0.15, 0.2) is 48.8 Å². The summed E-state index contributed by atoms with van der Waals surface area (Å²) in [5.74, 6) is 0.236. The maximum atomic E-state index is 12.6. The molecule has 4 heteroatoms. The lowest BCUT2D eigenvalue weighted by Crippen LogP contribution is -2.40. The Morgan fingerprint density at radius 2 is 2.12 bits per heavy atom. The van der Waals surface area contributed by atoms with Gasteiger partial charge in [-0.15, -0.1) is 0 Å². The van der Waals surface area contributed by atoms with Gasteiger partial charge in [-0.1, -0.05) is 42.8 Å². The number of aromatic nitrogens is 1. The van der Waals surface area contributed by atoms with Crippen LogP contribution in [0.4, 0.5) is 0 Å². The number of aryl methyl sites for hydroxylation is 1. The molecule has 2 heterocycles. The van der Waals surface area contributed by atoms with E-state index in [4.69, 9.17) is 4.74 Å². The van der Waals surface area contributed by atoms with Crippen molar-refractivity contribution in [1.29, 1.82) is 0 Å². The van der Waals surface area contributed by atoms with Crippen LogP contribution in [0.25, 0.3) is 0 Å². The van der Waals surface area contributed by atoms with Gasteiger partial charge in [0, 0.05) is 19.0 Å². The number of hydrogen-bond acceptors (Lipinski definition) is 3. The van der Waals surface area contributed by atoms with Crippen LogP contribution in [0.1, 0.15) is 36.1 Å². The lowest BCUT2D eigenvalue weighted by Gasteiger charge is -2.22. The fraction of sp³-hybridized carbons (Fsp3) is 0.400. The second-order valence-electron chi connectivity index (χ2n) is 6.59. The smallest absolute Gasteiger partial charge is 0.249 e. The van der Waals surface area contributed by atoms with Crippen LogP contribution in [-0.2, 0) is 16.0 Å². The monoisotopic (exact) mass is 324 g/mol. The number of hydrogen-bond donors (Lipinski definition) is 1. The van der Waals surface area contributed by atoms with Crippen molar-refractivity contribution in [3.05, 3.63) is 65.5 Å². The number of nitrogens with zero attached hydrogens (tertiary/aromatic N) is 1. The number of carbonyl (C=O) groups excluding carboxylic acids is 1. The molecule has 1 saturated heterocycles. The third kappa shape index (κ3) is 4.01. The molecule has 126 valence electrons. The minimum atomic E-state index is -0.345. The molecule has 1 aromatic carbocycles. The van der Waals surface area contributed by atoms with E-state index >= 15 is 0 Å². The lowest BCUT2D eigenvalue weighted by atomic mass is 9.98. The highest BCUT2D eigenvalue weighted by molar-refractivity contribution is 5.81. The number of nitrogens with one attached hydrogen (secondary N) is 1. The van der Waals surface area contributed by atoms with Crippen LogP contribution in [0.5, 0.6) is 0 Å². The number of carbonyl (C=O) groups is 1. The van der Waals surface area contributed by atoms with Gasteiger partial charge in [-0.2, -0.15) is 0 Å². The Hall–Kier alpha value is -2.20. The zero-order valence-electron chi connectivity index (χ0n) is 14.2. The third-order valence-corrected chi connectivity index (χ3v) is 4.61. The predicted octanol–water partition coefficient (Wildman–Crippen LogP) is 3.22. The van der Waals surface area contributed by atoms with Crippen molar-refractivity contribution in [3.8, 4) is 0 Å². The maximum absolute atomic E-state index is 12.6. The molecule has 24 heavy (non-hydrogen) atoms. The first-order valence-electron chi connectivity index (χ1n) is 8.51. The van der Waals surface area contributed by atoms with E-state index in [0.29, 0.717) is 6.61 Å². The Morgan fingerprint density at radius 3 is 2.75 bits per heavy atom. The second-order valence-corrected chi connectivity index (χ2v) is 6.59. The molecule has 0 unspecified atom stereocenters. The molecule has 1 aliphatic heterocycles. The van der Waals surface area contributed by atoms with Crippen molar-refractivity contribution in [1.82, 2.24) is 10.3 Å². The number of pyridine rings is 1. The molecule has 1 aromatic heterocycles.